The largest absolute Gasteiger partial charge is 0.481 e. The molecule has 0 aromatic carbocycles. The third-order valence-electron chi connectivity index (χ3n) is 12.6. The van der Waals surface area contributed by atoms with E-state index in [-0.39, 0.29) is 32.9 Å². The Balaban J connectivity index is 1.60. The fourth-order valence-corrected chi connectivity index (χ4v) is 9.85. The molecule has 1 N–H and O–H groups in total. The number of carboxylic acids is 1. The van der Waals surface area contributed by atoms with Crippen molar-refractivity contribution < 1.29 is 14.7 Å². The Morgan fingerprint density at radius 2 is 1.61 bits per heavy atom. The Hall–Kier alpha value is -1.38. The van der Waals surface area contributed by atoms with E-state index in [4.69, 9.17) is 0 Å². The number of ketones is 1. The van der Waals surface area contributed by atoms with E-state index in [2.05, 4.69) is 53.7 Å². The van der Waals surface area contributed by atoms with Gasteiger partial charge in [-0.15, -0.1) is 0 Å². The molecule has 0 aromatic heterocycles. The first-order chi connectivity index (χ1) is 15.1. The molecule has 182 valence electrons. The van der Waals surface area contributed by atoms with Gasteiger partial charge in [0.25, 0.3) is 0 Å². The van der Waals surface area contributed by atoms with Crippen molar-refractivity contribution in [3.05, 3.63) is 23.8 Å². The van der Waals surface area contributed by atoms with E-state index in [9.17, 15) is 14.7 Å². The number of carboxylic acid groups (broad SMARTS) is 1. The third-order valence-corrected chi connectivity index (χ3v) is 12.6. The maximum atomic E-state index is 12.8. The van der Waals surface area contributed by atoms with Crippen molar-refractivity contribution in [3.63, 3.8) is 0 Å². The van der Waals surface area contributed by atoms with Gasteiger partial charge in [0.05, 0.1) is 5.41 Å². The molecule has 0 aromatic rings. The van der Waals surface area contributed by atoms with Crippen molar-refractivity contribution in [2.24, 2.45) is 50.2 Å². The fraction of sp³-hybridized carbons (Fsp3) is 0.800. The van der Waals surface area contributed by atoms with Gasteiger partial charge in [-0.1, -0.05) is 59.3 Å². The van der Waals surface area contributed by atoms with Gasteiger partial charge in [0.1, 0.15) is 0 Å². The van der Waals surface area contributed by atoms with E-state index >= 15 is 0 Å². The number of hydrogen-bond acceptors (Lipinski definition) is 2. The summed E-state index contributed by atoms with van der Waals surface area (Å²) in [5.41, 5.74) is 1.20. The Morgan fingerprint density at radius 3 is 2.27 bits per heavy atom. The molecule has 0 spiro atoms. The summed E-state index contributed by atoms with van der Waals surface area (Å²) in [6.45, 7) is 16.2. The summed E-state index contributed by atoms with van der Waals surface area (Å²) in [6.07, 6.45) is 15.1. The molecule has 0 radical (unpaired) electrons. The van der Waals surface area contributed by atoms with Crippen LogP contribution in [0.25, 0.3) is 0 Å². The summed E-state index contributed by atoms with van der Waals surface area (Å²) in [6, 6.07) is 0. The maximum Gasteiger partial charge on any atom is 0.309 e. The van der Waals surface area contributed by atoms with Crippen molar-refractivity contribution in [2.75, 3.05) is 0 Å². The Kier molecular flexibility index (Phi) is 4.70. The highest BCUT2D eigenvalue weighted by atomic mass is 16.4. The van der Waals surface area contributed by atoms with Crippen LogP contribution in [0.2, 0.25) is 0 Å². The molecule has 5 aliphatic carbocycles. The number of allylic oxidation sites excluding steroid dienone is 4. The third kappa shape index (κ3) is 2.74. The molecule has 0 saturated heterocycles. The van der Waals surface area contributed by atoms with Gasteiger partial charge in [-0.05, 0) is 104 Å². The molecule has 0 heterocycles. The molecule has 0 unspecified atom stereocenters. The van der Waals surface area contributed by atoms with E-state index < -0.39 is 11.4 Å². The topological polar surface area (TPSA) is 54.4 Å². The average molecular weight is 453 g/mol. The van der Waals surface area contributed by atoms with Gasteiger partial charge in [0.15, 0.2) is 5.78 Å². The van der Waals surface area contributed by atoms with Crippen LogP contribution in [-0.4, -0.2) is 16.9 Å². The Morgan fingerprint density at radius 1 is 0.939 bits per heavy atom. The van der Waals surface area contributed by atoms with Gasteiger partial charge in [-0.2, -0.15) is 0 Å². The fourth-order valence-electron chi connectivity index (χ4n) is 9.85. The zero-order valence-electron chi connectivity index (χ0n) is 21.9. The Labute approximate surface area is 200 Å². The highest BCUT2D eigenvalue weighted by Crippen LogP contribution is 2.74. The van der Waals surface area contributed by atoms with Crippen LogP contribution in [0.1, 0.15) is 99.8 Å². The highest BCUT2D eigenvalue weighted by Gasteiger charge is 2.67. The molecule has 5 aliphatic rings. The van der Waals surface area contributed by atoms with Gasteiger partial charge in [0.2, 0.25) is 0 Å². The van der Waals surface area contributed by atoms with Crippen molar-refractivity contribution in [3.8, 4) is 0 Å². The minimum atomic E-state index is -0.621. The lowest BCUT2D eigenvalue weighted by Crippen LogP contribution is -2.63. The lowest BCUT2D eigenvalue weighted by Gasteiger charge is -2.70. The predicted octanol–water partition coefficient (Wildman–Crippen LogP) is 7.22. The molecule has 3 nitrogen and oxygen atoms in total. The van der Waals surface area contributed by atoms with Crippen molar-refractivity contribution in [1.29, 1.82) is 0 Å². The first-order valence-corrected chi connectivity index (χ1v) is 13.3. The summed E-state index contributed by atoms with van der Waals surface area (Å²) in [5.74, 6) is 0.937. The minimum absolute atomic E-state index is 0.0261. The van der Waals surface area contributed by atoms with Gasteiger partial charge in [0, 0.05) is 5.41 Å². The van der Waals surface area contributed by atoms with E-state index in [1.807, 2.05) is 13.0 Å². The molecule has 5 rings (SSSR count). The van der Waals surface area contributed by atoms with Crippen LogP contribution in [-0.2, 0) is 9.59 Å². The summed E-state index contributed by atoms with van der Waals surface area (Å²) >= 11 is 0. The minimum Gasteiger partial charge on any atom is -0.481 e. The number of carbonyl (C=O) groups is 2. The molecule has 0 aliphatic heterocycles. The maximum absolute atomic E-state index is 12.8. The SMILES string of the molecule is CC1(C)C(=O)C=C[C@]2(C)[C@H]3CC=C4[C@@H]5C[C@@](C)(C(=O)O)CC[C@]5(C)CC[C@@]4(C)[C@]3(C)CC[C@@H]12. The molecule has 3 fully saturated rings. The van der Waals surface area contributed by atoms with E-state index in [0.29, 0.717) is 17.8 Å². The van der Waals surface area contributed by atoms with E-state index in [1.54, 1.807) is 5.57 Å². The van der Waals surface area contributed by atoms with Crippen molar-refractivity contribution in [1.82, 2.24) is 0 Å². The normalized spacial score (nSPS) is 52.6. The zero-order chi connectivity index (χ0) is 24.2. The highest BCUT2D eigenvalue weighted by molar-refractivity contribution is 5.95. The van der Waals surface area contributed by atoms with E-state index in [0.717, 1.165) is 38.5 Å². The molecular weight excluding hydrogens is 408 g/mol. The lowest BCUT2D eigenvalue weighted by atomic mass is 9.34. The smallest absolute Gasteiger partial charge is 0.309 e. The lowest BCUT2D eigenvalue weighted by molar-refractivity contribution is -0.165. The van der Waals surface area contributed by atoms with Gasteiger partial charge in [-0.3, -0.25) is 9.59 Å². The molecule has 33 heavy (non-hydrogen) atoms. The standard InChI is InChI=1S/C30H44O3/c1-25(2)21-10-13-30(7)22(28(21,5)12-11-23(25)31)9-8-19-20-18-27(4,24(32)33)15-14-26(20,3)16-17-29(19,30)6/h8,11-12,20-22H,9-10,13-18H2,1-7H3,(H,32,33)/t20-,21-,22+,26+,27-,28-,29+,30+/m0/s1. The number of hydrogen-bond donors (Lipinski definition) is 1. The monoisotopic (exact) mass is 452 g/mol. The second kappa shape index (κ2) is 6.64. The Bertz CT molecular complexity index is 973. The summed E-state index contributed by atoms with van der Waals surface area (Å²) < 4.78 is 0. The second-order valence-electron chi connectivity index (χ2n) is 14.4. The molecule has 0 bridgehead atoms. The van der Waals surface area contributed by atoms with Gasteiger partial charge < -0.3 is 5.11 Å². The second-order valence-corrected chi connectivity index (χ2v) is 14.4. The molecular formula is C30H44O3. The number of carbonyl (C=O) groups excluding carboxylic acids is 1. The average Bonchev–Trinajstić information content (AvgIpc) is 2.73. The quantitative estimate of drug-likeness (QED) is 0.427. The zero-order valence-corrected chi connectivity index (χ0v) is 21.9. The van der Waals surface area contributed by atoms with Crippen LogP contribution in [0.4, 0.5) is 0 Å². The first-order valence-electron chi connectivity index (χ1n) is 13.3. The van der Waals surface area contributed by atoms with Gasteiger partial charge >= 0.3 is 5.97 Å². The van der Waals surface area contributed by atoms with Crippen LogP contribution >= 0.6 is 0 Å². The summed E-state index contributed by atoms with van der Waals surface area (Å²) in [7, 11) is 0. The summed E-state index contributed by atoms with van der Waals surface area (Å²) in [4.78, 5) is 25.0. The van der Waals surface area contributed by atoms with Crippen LogP contribution in [0.15, 0.2) is 23.8 Å². The molecule has 3 heteroatoms. The van der Waals surface area contributed by atoms with Crippen LogP contribution in [0, 0.1) is 50.2 Å². The molecule has 8 atom stereocenters. The van der Waals surface area contributed by atoms with Gasteiger partial charge in [-0.25, -0.2) is 0 Å². The number of fused-ring (bicyclic) bond motifs is 7. The molecule has 3 saturated carbocycles. The van der Waals surface area contributed by atoms with Crippen molar-refractivity contribution in [2.45, 2.75) is 99.8 Å². The van der Waals surface area contributed by atoms with Crippen LogP contribution in [0.5, 0.6) is 0 Å². The predicted molar refractivity (Wildman–Crippen MR) is 132 cm³/mol. The number of rotatable bonds is 1. The summed E-state index contributed by atoms with van der Waals surface area (Å²) in [5, 5.41) is 10.0. The first kappa shape index (κ1) is 23.4. The van der Waals surface area contributed by atoms with Crippen LogP contribution in [0.3, 0.4) is 0 Å². The van der Waals surface area contributed by atoms with Crippen LogP contribution < -0.4 is 0 Å². The van der Waals surface area contributed by atoms with E-state index in [1.165, 1.54) is 12.8 Å². The van der Waals surface area contributed by atoms with Crippen molar-refractivity contribution >= 4 is 11.8 Å². The molecule has 0 amide bonds. The number of aliphatic carboxylic acids is 1.